The van der Waals surface area contributed by atoms with Gasteiger partial charge in [0.2, 0.25) is 15.9 Å². The number of rotatable bonds is 8. The normalized spacial score (nSPS) is 13.2. The summed E-state index contributed by atoms with van der Waals surface area (Å²) in [4.78, 5) is 12.1. The number of nitrogens with zero attached hydrogens (tertiary/aromatic N) is 5. The summed E-state index contributed by atoms with van der Waals surface area (Å²) in [6.45, 7) is 0.0608. The van der Waals surface area contributed by atoms with E-state index in [0.29, 0.717) is 0 Å². The Kier molecular flexibility index (Phi) is 5.80. The van der Waals surface area contributed by atoms with Crippen molar-refractivity contribution in [1.29, 1.82) is 0 Å². The fraction of sp³-hybridized carbons (Fsp3) is 0.500. The van der Waals surface area contributed by atoms with Crippen molar-refractivity contribution < 1.29 is 13.2 Å². The zero-order valence-corrected chi connectivity index (χ0v) is 14.4. The van der Waals surface area contributed by atoms with Crippen molar-refractivity contribution in [2.75, 3.05) is 26.4 Å². The van der Waals surface area contributed by atoms with E-state index in [9.17, 15) is 13.2 Å². The first kappa shape index (κ1) is 17.5. The first-order chi connectivity index (χ1) is 10.9. The molecular formula is C12H18N6O3S2. The largest absolute Gasteiger partial charge is 0.355 e. The highest BCUT2D eigenvalue weighted by atomic mass is 32.2. The van der Waals surface area contributed by atoms with Crippen LogP contribution in [0.4, 0.5) is 0 Å². The van der Waals surface area contributed by atoms with Crippen LogP contribution < -0.4 is 5.32 Å². The average Bonchev–Trinajstić information content (AvgIpc) is 3.18. The molecule has 0 bridgehead atoms. The second-order valence-electron chi connectivity index (χ2n) is 5.01. The van der Waals surface area contributed by atoms with Gasteiger partial charge in [0.25, 0.3) is 0 Å². The maximum absolute atomic E-state index is 12.1. The van der Waals surface area contributed by atoms with Gasteiger partial charge in [-0.1, -0.05) is 0 Å². The third-order valence-electron chi connectivity index (χ3n) is 3.23. The second kappa shape index (κ2) is 7.62. The number of thiophene rings is 1. The van der Waals surface area contributed by atoms with Crippen LogP contribution in [-0.4, -0.2) is 65.2 Å². The summed E-state index contributed by atoms with van der Waals surface area (Å²) in [5.41, 5.74) is 0.929. The Morgan fingerprint density at radius 3 is 2.83 bits per heavy atom. The Labute approximate surface area is 138 Å². The van der Waals surface area contributed by atoms with Gasteiger partial charge < -0.3 is 5.32 Å². The Morgan fingerprint density at radius 2 is 2.26 bits per heavy atom. The minimum absolute atomic E-state index is 0.0608. The molecule has 0 aliphatic rings. The first-order valence-corrected chi connectivity index (χ1v) is 9.37. The molecule has 0 unspecified atom stereocenters. The molecule has 126 valence electrons. The molecule has 0 saturated heterocycles. The number of nitrogens with one attached hydrogen (secondary N) is 1. The lowest BCUT2D eigenvalue weighted by Gasteiger charge is -2.15. The van der Waals surface area contributed by atoms with Gasteiger partial charge in [-0.05, 0) is 32.8 Å². The maximum Gasteiger partial charge on any atom is 0.222 e. The zero-order valence-electron chi connectivity index (χ0n) is 12.8. The van der Waals surface area contributed by atoms with Crippen molar-refractivity contribution in [3.8, 4) is 0 Å². The highest BCUT2D eigenvalue weighted by Crippen LogP contribution is 2.22. The lowest BCUT2D eigenvalue weighted by Crippen LogP contribution is -2.34. The van der Waals surface area contributed by atoms with Gasteiger partial charge in [-0.3, -0.25) is 4.79 Å². The third-order valence-corrected chi connectivity index (χ3v) is 5.76. The van der Waals surface area contributed by atoms with Crippen molar-refractivity contribution in [3.63, 3.8) is 0 Å². The Bertz CT molecular complexity index is 678. The number of hydrogen-bond donors (Lipinski definition) is 1. The number of hydrogen-bond acceptors (Lipinski definition) is 7. The number of tetrazole rings is 1. The van der Waals surface area contributed by atoms with E-state index < -0.39 is 10.0 Å². The standard InChI is InChI=1S/C12H18N6O3S2/c1-17(2)23(20,21)6-4-13-12(19)7-11(10-3-5-22-8-10)18-9-14-15-16-18/h3,5,8-9,11H,4,6-7H2,1-2H3,(H,13,19)/t11-/m0/s1. The average molecular weight is 358 g/mol. The summed E-state index contributed by atoms with van der Waals surface area (Å²) >= 11 is 1.52. The Morgan fingerprint density at radius 1 is 1.48 bits per heavy atom. The summed E-state index contributed by atoms with van der Waals surface area (Å²) in [7, 11) is -0.406. The van der Waals surface area contributed by atoms with E-state index in [1.54, 1.807) is 0 Å². The number of sulfonamides is 1. The van der Waals surface area contributed by atoms with E-state index in [0.717, 1.165) is 9.87 Å². The molecule has 2 heterocycles. The summed E-state index contributed by atoms with van der Waals surface area (Å²) in [5, 5.41) is 17.5. The van der Waals surface area contributed by atoms with E-state index >= 15 is 0 Å². The number of aromatic nitrogens is 4. The van der Waals surface area contributed by atoms with Gasteiger partial charge in [0.05, 0.1) is 18.2 Å². The molecular weight excluding hydrogens is 340 g/mol. The minimum atomic E-state index is -3.33. The minimum Gasteiger partial charge on any atom is -0.355 e. The number of carbonyl (C=O) groups is 1. The summed E-state index contributed by atoms with van der Waals surface area (Å²) in [6.07, 6.45) is 1.58. The van der Waals surface area contributed by atoms with Crippen LogP contribution in [0, 0.1) is 0 Å². The molecule has 11 heteroatoms. The highest BCUT2D eigenvalue weighted by molar-refractivity contribution is 7.89. The number of amides is 1. The molecule has 1 N–H and O–H groups in total. The highest BCUT2D eigenvalue weighted by Gasteiger charge is 2.20. The fourth-order valence-corrected chi connectivity index (χ4v) is 3.32. The smallest absolute Gasteiger partial charge is 0.222 e. The Balaban J connectivity index is 1.94. The van der Waals surface area contributed by atoms with E-state index in [4.69, 9.17) is 0 Å². The van der Waals surface area contributed by atoms with Gasteiger partial charge in [0.1, 0.15) is 6.33 Å². The molecule has 0 fully saturated rings. The SMILES string of the molecule is CN(C)S(=O)(=O)CCNC(=O)C[C@@H](c1ccsc1)n1cnnn1. The number of carbonyl (C=O) groups excluding carboxylic acids is 1. The van der Waals surface area contributed by atoms with Gasteiger partial charge in [-0.2, -0.15) is 11.3 Å². The quantitative estimate of drug-likeness (QED) is 0.695. The van der Waals surface area contributed by atoms with Gasteiger partial charge in [0.15, 0.2) is 0 Å². The molecule has 0 radical (unpaired) electrons. The lowest BCUT2D eigenvalue weighted by atomic mass is 10.1. The predicted molar refractivity (Wildman–Crippen MR) is 85.4 cm³/mol. The lowest BCUT2D eigenvalue weighted by molar-refractivity contribution is -0.121. The van der Waals surface area contributed by atoms with Crippen LogP contribution in [-0.2, 0) is 14.8 Å². The van der Waals surface area contributed by atoms with Crippen LogP contribution in [0.1, 0.15) is 18.0 Å². The molecule has 2 aromatic rings. The molecule has 0 aromatic carbocycles. The third kappa shape index (κ3) is 4.81. The first-order valence-electron chi connectivity index (χ1n) is 6.81. The van der Waals surface area contributed by atoms with Crippen molar-refractivity contribution >= 4 is 27.3 Å². The molecule has 2 aromatic heterocycles. The van der Waals surface area contributed by atoms with Crippen LogP contribution in [0.3, 0.4) is 0 Å². The van der Waals surface area contributed by atoms with Gasteiger partial charge >= 0.3 is 0 Å². The molecule has 23 heavy (non-hydrogen) atoms. The molecule has 0 spiro atoms. The summed E-state index contributed by atoms with van der Waals surface area (Å²) in [6, 6.07) is 1.59. The van der Waals surface area contributed by atoms with Gasteiger partial charge in [0, 0.05) is 20.6 Å². The van der Waals surface area contributed by atoms with Crippen LogP contribution in [0.25, 0.3) is 0 Å². The van der Waals surface area contributed by atoms with Crippen LogP contribution in [0.15, 0.2) is 23.2 Å². The maximum atomic E-state index is 12.1. The zero-order chi connectivity index (χ0) is 16.9. The molecule has 0 aliphatic carbocycles. The summed E-state index contributed by atoms with van der Waals surface area (Å²) < 4.78 is 26.0. The second-order valence-corrected chi connectivity index (χ2v) is 8.10. The van der Waals surface area contributed by atoms with Gasteiger partial charge in [-0.25, -0.2) is 17.4 Å². The predicted octanol–water partition coefficient (Wildman–Crippen LogP) is -0.278. The van der Waals surface area contributed by atoms with Crippen molar-refractivity contribution in [2.24, 2.45) is 0 Å². The van der Waals surface area contributed by atoms with Crippen LogP contribution in [0.5, 0.6) is 0 Å². The molecule has 2 rings (SSSR count). The molecule has 1 atom stereocenters. The summed E-state index contributed by atoms with van der Waals surface area (Å²) in [5.74, 6) is -0.398. The van der Waals surface area contributed by atoms with Crippen molar-refractivity contribution in [3.05, 3.63) is 28.7 Å². The van der Waals surface area contributed by atoms with Gasteiger partial charge in [-0.15, -0.1) is 5.10 Å². The van der Waals surface area contributed by atoms with Crippen molar-refractivity contribution in [2.45, 2.75) is 12.5 Å². The Hall–Kier alpha value is -1.85. The van der Waals surface area contributed by atoms with Crippen molar-refractivity contribution in [1.82, 2.24) is 29.8 Å². The topological polar surface area (TPSA) is 110 Å². The van der Waals surface area contributed by atoms with E-state index in [-0.39, 0.29) is 30.7 Å². The fourth-order valence-electron chi connectivity index (χ4n) is 1.89. The van der Waals surface area contributed by atoms with E-state index in [2.05, 4.69) is 20.8 Å². The molecule has 0 saturated carbocycles. The van der Waals surface area contributed by atoms with E-state index in [1.165, 1.54) is 36.4 Å². The molecule has 9 nitrogen and oxygen atoms in total. The van der Waals surface area contributed by atoms with E-state index in [1.807, 2.05) is 16.8 Å². The molecule has 1 amide bonds. The van der Waals surface area contributed by atoms with Crippen LogP contribution >= 0.6 is 11.3 Å². The molecule has 0 aliphatic heterocycles. The monoisotopic (exact) mass is 358 g/mol. The van der Waals surface area contributed by atoms with Crippen LogP contribution in [0.2, 0.25) is 0 Å².